The van der Waals surface area contributed by atoms with Gasteiger partial charge in [-0.05, 0) is 56.5 Å². The van der Waals surface area contributed by atoms with E-state index in [1.54, 1.807) is 7.11 Å². The maximum atomic E-state index is 12.7. The van der Waals surface area contributed by atoms with Crippen LogP contribution in [0.2, 0.25) is 0 Å². The first-order valence-corrected chi connectivity index (χ1v) is 10.1. The van der Waals surface area contributed by atoms with Gasteiger partial charge in [-0.15, -0.1) is 0 Å². The van der Waals surface area contributed by atoms with Gasteiger partial charge in [0.2, 0.25) is 11.8 Å². The van der Waals surface area contributed by atoms with Crippen LogP contribution in [0.3, 0.4) is 0 Å². The zero-order valence-corrected chi connectivity index (χ0v) is 16.2. The molecule has 148 valence electrons. The van der Waals surface area contributed by atoms with Crippen molar-refractivity contribution >= 4 is 17.5 Å². The number of ether oxygens (including phenoxy) is 1. The standard InChI is InChI=1S/C21H31N3O3/c1-27-18-12-10-17(11-13-18)23-21(26)19-9-6-14-24(19)15-20(25)22-16-7-4-2-3-5-8-16/h10-13,16,19H,2-9,14-15H2,1H3,(H,22,25)(H,23,26)/t19-/m0/s1. The average molecular weight is 373 g/mol. The van der Waals surface area contributed by atoms with Crippen molar-refractivity contribution in [1.29, 1.82) is 0 Å². The van der Waals surface area contributed by atoms with E-state index in [1.807, 2.05) is 29.2 Å². The molecular weight excluding hydrogens is 342 g/mol. The number of hydrogen-bond donors (Lipinski definition) is 2. The predicted molar refractivity (Wildman–Crippen MR) is 106 cm³/mol. The van der Waals surface area contributed by atoms with Crippen molar-refractivity contribution < 1.29 is 14.3 Å². The lowest BCUT2D eigenvalue weighted by Crippen LogP contribution is -2.46. The Balaban J connectivity index is 1.50. The summed E-state index contributed by atoms with van der Waals surface area (Å²) in [5.74, 6) is 0.761. The van der Waals surface area contributed by atoms with Gasteiger partial charge in [0, 0.05) is 11.7 Å². The quantitative estimate of drug-likeness (QED) is 0.752. The number of nitrogens with zero attached hydrogens (tertiary/aromatic N) is 1. The van der Waals surface area contributed by atoms with Gasteiger partial charge in [0.1, 0.15) is 5.75 Å². The van der Waals surface area contributed by atoms with Crippen LogP contribution in [0.1, 0.15) is 51.4 Å². The van der Waals surface area contributed by atoms with Crippen molar-refractivity contribution in [2.75, 3.05) is 25.5 Å². The number of nitrogens with one attached hydrogen (secondary N) is 2. The van der Waals surface area contributed by atoms with Crippen molar-refractivity contribution in [2.45, 2.75) is 63.5 Å². The molecule has 0 radical (unpaired) electrons. The van der Waals surface area contributed by atoms with Crippen LogP contribution in [0.15, 0.2) is 24.3 Å². The van der Waals surface area contributed by atoms with Gasteiger partial charge in [-0.2, -0.15) is 0 Å². The van der Waals surface area contributed by atoms with Gasteiger partial charge in [-0.25, -0.2) is 0 Å². The number of methoxy groups -OCH3 is 1. The fourth-order valence-electron chi connectivity index (χ4n) is 4.09. The molecule has 1 aliphatic heterocycles. The average Bonchev–Trinajstić information content (AvgIpc) is 2.97. The number of hydrogen-bond acceptors (Lipinski definition) is 4. The minimum atomic E-state index is -0.244. The highest BCUT2D eigenvalue weighted by Gasteiger charge is 2.32. The summed E-state index contributed by atoms with van der Waals surface area (Å²) in [5.41, 5.74) is 0.746. The fraction of sp³-hybridized carbons (Fsp3) is 0.619. The molecule has 1 atom stereocenters. The first kappa shape index (κ1) is 19.7. The van der Waals surface area contributed by atoms with E-state index in [9.17, 15) is 9.59 Å². The molecule has 1 aromatic rings. The van der Waals surface area contributed by atoms with Crippen molar-refractivity contribution in [1.82, 2.24) is 10.2 Å². The molecule has 1 saturated heterocycles. The number of benzene rings is 1. The molecule has 6 nitrogen and oxygen atoms in total. The Bertz CT molecular complexity index is 624. The number of carbonyl (C=O) groups is 2. The highest BCUT2D eigenvalue weighted by Crippen LogP contribution is 2.21. The van der Waals surface area contributed by atoms with E-state index in [2.05, 4.69) is 10.6 Å². The van der Waals surface area contributed by atoms with Gasteiger partial charge < -0.3 is 15.4 Å². The van der Waals surface area contributed by atoms with Crippen molar-refractivity contribution in [3.63, 3.8) is 0 Å². The molecule has 3 rings (SSSR count). The van der Waals surface area contributed by atoms with Crippen LogP contribution < -0.4 is 15.4 Å². The van der Waals surface area contributed by atoms with Crippen LogP contribution in [0.5, 0.6) is 5.75 Å². The summed E-state index contributed by atoms with van der Waals surface area (Å²) in [6, 6.07) is 7.36. The third kappa shape index (κ3) is 5.70. The highest BCUT2D eigenvalue weighted by atomic mass is 16.5. The van der Waals surface area contributed by atoms with Crippen LogP contribution in [-0.4, -0.2) is 49.0 Å². The summed E-state index contributed by atoms with van der Waals surface area (Å²) in [7, 11) is 1.62. The second kappa shape index (κ2) is 9.74. The van der Waals surface area contributed by atoms with Crippen molar-refractivity contribution in [2.24, 2.45) is 0 Å². The molecule has 27 heavy (non-hydrogen) atoms. The van der Waals surface area contributed by atoms with Crippen LogP contribution in [-0.2, 0) is 9.59 Å². The topological polar surface area (TPSA) is 70.7 Å². The van der Waals surface area contributed by atoms with E-state index in [0.29, 0.717) is 12.6 Å². The molecular formula is C21H31N3O3. The molecule has 1 heterocycles. The molecule has 6 heteroatoms. The summed E-state index contributed by atoms with van der Waals surface area (Å²) < 4.78 is 5.14. The SMILES string of the molecule is COc1ccc(NC(=O)[C@@H]2CCCN2CC(=O)NC2CCCCCC2)cc1. The molecule has 2 N–H and O–H groups in total. The maximum absolute atomic E-state index is 12.7. The Morgan fingerprint density at radius 1 is 1.04 bits per heavy atom. The monoisotopic (exact) mass is 373 g/mol. The second-order valence-corrected chi connectivity index (χ2v) is 7.60. The molecule has 2 fully saturated rings. The summed E-state index contributed by atoms with van der Waals surface area (Å²) >= 11 is 0. The number of rotatable bonds is 6. The van der Waals surface area contributed by atoms with Crippen molar-refractivity contribution in [3.05, 3.63) is 24.3 Å². The van der Waals surface area contributed by atoms with Gasteiger partial charge in [0.15, 0.2) is 0 Å². The van der Waals surface area contributed by atoms with Crippen LogP contribution in [0.25, 0.3) is 0 Å². The molecule has 0 bridgehead atoms. The minimum absolute atomic E-state index is 0.0417. The van der Waals surface area contributed by atoms with Crippen LogP contribution in [0, 0.1) is 0 Å². The van der Waals surface area contributed by atoms with E-state index in [-0.39, 0.29) is 17.9 Å². The molecule has 1 saturated carbocycles. The largest absolute Gasteiger partial charge is 0.497 e. The molecule has 2 aliphatic rings. The molecule has 0 aromatic heterocycles. The zero-order chi connectivity index (χ0) is 19.1. The van der Waals surface area contributed by atoms with Crippen LogP contribution >= 0.6 is 0 Å². The lowest BCUT2D eigenvalue weighted by molar-refractivity contribution is -0.125. The van der Waals surface area contributed by atoms with Gasteiger partial charge >= 0.3 is 0 Å². The number of anilines is 1. The molecule has 0 spiro atoms. The summed E-state index contributed by atoms with van der Waals surface area (Å²) in [5, 5.41) is 6.14. The summed E-state index contributed by atoms with van der Waals surface area (Å²) in [6.45, 7) is 1.09. The Kier molecular flexibility index (Phi) is 7.10. The van der Waals surface area contributed by atoms with Crippen molar-refractivity contribution in [3.8, 4) is 5.75 Å². The van der Waals surface area contributed by atoms with E-state index in [0.717, 1.165) is 43.7 Å². The summed E-state index contributed by atoms with van der Waals surface area (Å²) in [4.78, 5) is 27.2. The lowest BCUT2D eigenvalue weighted by Gasteiger charge is -2.24. The van der Waals surface area contributed by atoms with E-state index < -0.39 is 0 Å². The zero-order valence-electron chi connectivity index (χ0n) is 16.2. The number of likely N-dealkylation sites (tertiary alicyclic amines) is 1. The van der Waals surface area contributed by atoms with Gasteiger partial charge in [-0.3, -0.25) is 14.5 Å². The van der Waals surface area contributed by atoms with Gasteiger partial charge in [0.05, 0.1) is 19.7 Å². The first-order valence-electron chi connectivity index (χ1n) is 10.1. The van der Waals surface area contributed by atoms with Gasteiger partial charge in [0.25, 0.3) is 0 Å². The fourth-order valence-corrected chi connectivity index (χ4v) is 4.09. The van der Waals surface area contributed by atoms with E-state index in [4.69, 9.17) is 4.74 Å². The van der Waals surface area contributed by atoms with Gasteiger partial charge in [-0.1, -0.05) is 25.7 Å². The Morgan fingerprint density at radius 2 is 1.74 bits per heavy atom. The second-order valence-electron chi connectivity index (χ2n) is 7.60. The lowest BCUT2D eigenvalue weighted by atomic mass is 10.1. The Labute approximate surface area is 161 Å². The maximum Gasteiger partial charge on any atom is 0.241 e. The third-order valence-electron chi connectivity index (χ3n) is 5.59. The number of carbonyl (C=O) groups excluding carboxylic acids is 2. The van der Waals surface area contributed by atoms with E-state index >= 15 is 0 Å². The third-order valence-corrected chi connectivity index (χ3v) is 5.59. The molecule has 2 amide bonds. The highest BCUT2D eigenvalue weighted by molar-refractivity contribution is 5.95. The Hall–Kier alpha value is -2.08. The van der Waals surface area contributed by atoms with Crippen LogP contribution in [0.4, 0.5) is 5.69 Å². The molecule has 1 aromatic carbocycles. The predicted octanol–water partition coefficient (Wildman–Crippen LogP) is 2.94. The molecule has 0 unspecified atom stereocenters. The normalized spacial score (nSPS) is 21.4. The Morgan fingerprint density at radius 3 is 2.41 bits per heavy atom. The van der Waals surface area contributed by atoms with E-state index in [1.165, 1.54) is 25.7 Å². The molecule has 1 aliphatic carbocycles. The summed E-state index contributed by atoms with van der Waals surface area (Å²) in [6.07, 6.45) is 8.82. The smallest absolute Gasteiger partial charge is 0.241 e. The first-order chi connectivity index (χ1) is 13.2. The number of amides is 2. The minimum Gasteiger partial charge on any atom is -0.497 e.